The molecule has 0 saturated carbocycles. The number of likely N-dealkylation sites (N-methyl/N-ethyl adjacent to an activating group) is 1. The number of nitrogens with zero attached hydrogens (tertiary/aromatic N) is 5. The van der Waals surface area contributed by atoms with E-state index in [-0.39, 0.29) is 12.7 Å². The van der Waals surface area contributed by atoms with Crippen LogP contribution in [0, 0.1) is 5.92 Å². The van der Waals surface area contributed by atoms with E-state index >= 15 is 0 Å². The van der Waals surface area contributed by atoms with Crippen LogP contribution in [-0.2, 0) is 4.74 Å². The van der Waals surface area contributed by atoms with E-state index < -0.39 is 0 Å². The van der Waals surface area contributed by atoms with Crippen LogP contribution in [0.25, 0.3) is 0 Å². The molecule has 3 unspecified atom stereocenters. The maximum Gasteiger partial charge on any atom is 0.134 e. The number of morpholine rings is 1. The minimum Gasteiger partial charge on any atom is -0.396 e. The number of anilines is 2. The van der Waals surface area contributed by atoms with Crippen LogP contribution in [0.15, 0.2) is 12.4 Å². The average Bonchev–Trinajstić information content (AvgIpc) is 3.08. The molecule has 132 valence electrons. The molecule has 24 heavy (non-hydrogen) atoms. The van der Waals surface area contributed by atoms with Crippen molar-refractivity contribution in [1.29, 1.82) is 0 Å². The highest BCUT2D eigenvalue weighted by Gasteiger charge is 2.39. The first-order valence-electron chi connectivity index (χ1n) is 8.99. The predicted molar refractivity (Wildman–Crippen MR) is 92.4 cm³/mol. The molecule has 0 radical (unpaired) electrons. The van der Waals surface area contributed by atoms with Gasteiger partial charge >= 0.3 is 0 Å². The number of ether oxygens (including phenoxy) is 1. The molecular weight excluding hydrogens is 306 g/mol. The monoisotopic (exact) mass is 333 g/mol. The fourth-order valence-electron chi connectivity index (χ4n) is 4.15. The molecule has 1 aromatic heterocycles. The number of aliphatic hydroxyl groups excluding tert-OH is 1. The molecule has 0 spiro atoms. The van der Waals surface area contributed by atoms with Crippen molar-refractivity contribution in [3.63, 3.8) is 0 Å². The second kappa shape index (κ2) is 6.82. The Morgan fingerprint density at radius 2 is 2.00 bits per heavy atom. The lowest BCUT2D eigenvalue weighted by Gasteiger charge is -2.33. The molecule has 0 bridgehead atoms. The first-order chi connectivity index (χ1) is 11.7. The van der Waals surface area contributed by atoms with Gasteiger partial charge in [0.1, 0.15) is 18.0 Å². The smallest absolute Gasteiger partial charge is 0.134 e. The number of fused-ring (bicyclic) bond motifs is 1. The molecule has 0 aromatic carbocycles. The Morgan fingerprint density at radius 3 is 2.79 bits per heavy atom. The minimum atomic E-state index is 0.258. The first kappa shape index (κ1) is 16.1. The van der Waals surface area contributed by atoms with E-state index in [1.54, 1.807) is 6.33 Å². The van der Waals surface area contributed by atoms with Crippen LogP contribution >= 0.6 is 0 Å². The quantitative estimate of drug-likeness (QED) is 0.848. The van der Waals surface area contributed by atoms with Gasteiger partial charge < -0.3 is 19.6 Å². The molecule has 4 heterocycles. The van der Waals surface area contributed by atoms with Crippen molar-refractivity contribution in [2.24, 2.45) is 5.92 Å². The van der Waals surface area contributed by atoms with Crippen molar-refractivity contribution in [3.05, 3.63) is 12.4 Å². The van der Waals surface area contributed by atoms with Gasteiger partial charge in [0, 0.05) is 45.4 Å². The zero-order valence-corrected chi connectivity index (χ0v) is 14.3. The van der Waals surface area contributed by atoms with Crippen LogP contribution in [0.5, 0.6) is 0 Å². The summed E-state index contributed by atoms with van der Waals surface area (Å²) < 4.78 is 5.93. The van der Waals surface area contributed by atoms with Gasteiger partial charge in [-0.05, 0) is 25.8 Å². The highest BCUT2D eigenvalue weighted by Crippen LogP contribution is 2.28. The SMILES string of the molecule is CN1CCOC2CN(c3cc(N4CCCC(CO)C4)ncn3)CC21. The largest absolute Gasteiger partial charge is 0.396 e. The maximum atomic E-state index is 9.44. The summed E-state index contributed by atoms with van der Waals surface area (Å²) in [5.41, 5.74) is 0. The number of hydrogen-bond acceptors (Lipinski definition) is 7. The van der Waals surface area contributed by atoms with E-state index in [1.807, 2.05) is 0 Å². The van der Waals surface area contributed by atoms with E-state index in [9.17, 15) is 5.11 Å². The molecule has 4 rings (SSSR count). The third kappa shape index (κ3) is 3.08. The molecule has 3 aliphatic rings. The number of aliphatic hydroxyl groups is 1. The molecule has 3 aliphatic heterocycles. The maximum absolute atomic E-state index is 9.44. The van der Waals surface area contributed by atoms with Gasteiger partial charge in [-0.3, -0.25) is 4.90 Å². The van der Waals surface area contributed by atoms with Crippen LogP contribution in [0.3, 0.4) is 0 Å². The molecule has 7 nitrogen and oxygen atoms in total. The molecular formula is C17H27N5O2. The zero-order valence-electron chi connectivity index (χ0n) is 14.3. The second-order valence-corrected chi connectivity index (χ2v) is 7.23. The Morgan fingerprint density at radius 1 is 1.17 bits per heavy atom. The lowest BCUT2D eigenvalue weighted by molar-refractivity contribution is -0.0362. The Kier molecular flexibility index (Phi) is 4.56. The van der Waals surface area contributed by atoms with Crippen molar-refractivity contribution in [1.82, 2.24) is 14.9 Å². The molecule has 0 aliphatic carbocycles. The van der Waals surface area contributed by atoms with Crippen molar-refractivity contribution in [3.8, 4) is 0 Å². The number of piperidine rings is 1. The number of hydrogen-bond donors (Lipinski definition) is 1. The molecule has 3 saturated heterocycles. The summed E-state index contributed by atoms with van der Waals surface area (Å²) in [6, 6.07) is 2.54. The van der Waals surface area contributed by atoms with E-state index in [4.69, 9.17) is 4.74 Å². The average molecular weight is 333 g/mol. The van der Waals surface area contributed by atoms with Crippen LogP contribution in [0.1, 0.15) is 12.8 Å². The number of aromatic nitrogens is 2. The lowest BCUT2D eigenvalue weighted by Crippen LogP contribution is -2.48. The normalized spacial score (nSPS) is 31.3. The minimum absolute atomic E-state index is 0.258. The van der Waals surface area contributed by atoms with Gasteiger partial charge in [0.05, 0.1) is 18.8 Å². The molecule has 3 atom stereocenters. The molecule has 7 heteroatoms. The zero-order chi connectivity index (χ0) is 16.5. The van der Waals surface area contributed by atoms with Crippen molar-refractivity contribution in [2.75, 3.05) is 62.8 Å². The third-order valence-electron chi connectivity index (χ3n) is 5.64. The Hall–Kier alpha value is -1.44. The summed E-state index contributed by atoms with van der Waals surface area (Å²) in [7, 11) is 2.18. The van der Waals surface area contributed by atoms with Crippen LogP contribution in [0.2, 0.25) is 0 Å². The van der Waals surface area contributed by atoms with Crippen molar-refractivity contribution >= 4 is 11.6 Å². The summed E-state index contributed by atoms with van der Waals surface area (Å²) in [6.07, 6.45) is 4.15. The van der Waals surface area contributed by atoms with Crippen LogP contribution < -0.4 is 9.80 Å². The van der Waals surface area contributed by atoms with E-state index in [0.29, 0.717) is 12.0 Å². The molecule has 3 fully saturated rings. The summed E-state index contributed by atoms with van der Waals surface area (Å²) in [6.45, 7) is 5.81. The Labute approximate surface area is 143 Å². The highest BCUT2D eigenvalue weighted by atomic mass is 16.5. The topological polar surface area (TPSA) is 65.0 Å². The second-order valence-electron chi connectivity index (χ2n) is 7.23. The van der Waals surface area contributed by atoms with Gasteiger partial charge in [-0.25, -0.2) is 9.97 Å². The van der Waals surface area contributed by atoms with Crippen LogP contribution in [-0.4, -0.2) is 85.1 Å². The molecule has 1 aromatic rings. The fraction of sp³-hybridized carbons (Fsp3) is 0.765. The molecule has 0 amide bonds. The summed E-state index contributed by atoms with van der Waals surface area (Å²) in [4.78, 5) is 16.0. The van der Waals surface area contributed by atoms with Gasteiger partial charge in [0.25, 0.3) is 0 Å². The summed E-state index contributed by atoms with van der Waals surface area (Å²) in [5, 5.41) is 9.44. The van der Waals surface area contributed by atoms with E-state index in [1.165, 1.54) is 0 Å². The van der Waals surface area contributed by atoms with E-state index in [2.05, 4.69) is 37.8 Å². The van der Waals surface area contributed by atoms with Gasteiger partial charge in [0.15, 0.2) is 0 Å². The van der Waals surface area contributed by atoms with Gasteiger partial charge in [0.2, 0.25) is 0 Å². The third-order valence-corrected chi connectivity index (χ3v) is 5.64. The fourth-order valence-corrected chi connectivity index (χ4v) is 4.15. The highest BCUT2D eigenvalue weighted by molar-refractivity contribution is 5.51. The standard InChI is InChI=1S/C17H27N5O2/c1-20-5-6-24-15-10-22(9-14(15)20)17-7-16(18-12-19-17)21-4-2-3-13(8-21)11-23/h7,12-15,23H,2-6,8-11H2,1H3. The van der Waals surface area contributed by atoms with Crippen molar-refractivity contribution < 1.29 is 9.84 Å². The molecule has 1 N–H and O–H groups in total. The predicted octanol–water partition coefficient (Wildman–Crippen LogP) is 0.205. The Balaban J connectivity index is 1.49. The Bertz CT molecular complexity index is 572. The van der Waals surface area contributed by atoms with Gasteiger partial charge in [-0.2, -0.15) is 0 Å². The van der Waals surface area contributed by atoms with E-state index in [0.717, 1.165) is 63.8 Å². The van der Waals surface area contributed by atoms with Crippen molar-refractivity contribution in [2.45, 2.75) is 25.0 Å². The first-order valence-corrected chi connectivity index (χ1v) is 8.99. The summed E-state index contributed by atoms with van der Waals surface area (Å²) >= 11 is 0. The van der Waals surface area contributed by atoms with Gasteiger partial charge in [-0.15, -0.1) is 0 Å². The number of rotatable bonds is 3. The summed E-state index contributed by atoms with van der Waals surface area (Å²) in [5.74, 6) is 2.31. The lowest BCUT2D eigenvalue weighted by atomic mass is 9.99. The van der Waals surface area contributed by atoms with Gasteiger partial charge in [-0.1, -0.05) is 0 Å². The van der Waals surface area contributed by atoms with Crippen LogP contribution in [0.4, 0.5) is 11.6 Å².